The third-order valence-corrected chi connectivity index (χ3v) is 8.72. The highest BCUT2D eigenvalue weighted by Crippen LogP contribution is 2.26. The maximum absolute atomic E-state index is 12.1. The fourth-order valence-corrected chi connectivity index (χ4v) is 5.62. The molecule has 11 unspecified atom stereocenters. The third kappa shape index (κ3) is 15.7. The normalized spacial score (nSPS) is 31.7. The van der Waals surface area contributed by atoms with Crippen molar-refractivity contribution >= 4 is 5.97 Å². The molecule has 2 fully saturated rings. The molecular formula is C34H62O14. The van der Waals surface area contributed by atoms with Crippen LogP contribution in [-0.4, -0.2) is 141 Å². The fourth-order valence-electron chi connectivity index (χ4n) is 5.62. The highest BCUT2D eigenvalue weighted by atomic mass is 16.7. The third-order valence-electron chi connectivity index (χ3n) is 8.72. The molecule has 14 heteroatoms. The van der Waals surface area contributed by atoms with Crippen LogP contribution < -0.4 is 0 Å². The molecule has 2 rings (SSSR count). The van der Waals surface area contributed by atoms with Gasteiger partial charge in [-0.1, -0.05) is 76.9 Å². The lowest BCUT2D eigenvalue weighted by atomic mass is 9.98. The second-order valence-electron chi connectivity index (χ2n) is 12.9. The van der Waals surface area contributed by atoms with Gasteiger partial charge in [0.2, 0.25) is 0 Å². The number of allylic oxidation sites excluding steroid dienone is 2. The molecule has 14 nitrogen and oxygen atoms in total. The van der Waals surface area contributed by atoms with E-state index in [-0.39, 0.29) is 13.0 Å². The molecule has 0 amide bonds. The van der Waals surface area contributed by atoms with E-state index in [9.17, 15) is 45.6 Å². The summed E-state index contributed by atoms with van der Waals surface area (Å²) >= 11 is 0. The van der Waals surface area contributed by atoms with Gasteiger partial charge in [0, 0.05) is 6.42 Å². The number of carbonyl (C=O) groups is 1. The minimum Gasteiger partial charge on any atom is -0.463 e. The number of unbranched alkanes of at least 4 members (excludes halogenated alkanes) is 12. The van der Waals surface area contributed by atoms with Gasteiger partial charge in [0.1, 0.15) is 61.5 Å². The van der Waals surface area contributed by atoms with Crippen LogP contribution in [-0.2, 0) is 28.5 Å². The Morgan fingerprint density at radius 2 is 1.15 bits per heavy atom. The summed E-state index contributed by atoms with van der Waals surface area (Å²) in [5.74, 6) is -0.442. The smallest absolute Gasteiger partial charge is 0.305 e. The van der Waals surface area contributed by atoms with Crippen molar-refractivity contribution < 1.29 is 69.3 Å². The predicted octanol–water partition coefficient (Wildman–Crippen LogP) is 0.959. The first-order valence-electron chi connectivity index (χ1n) is 17.8. The summed E-state index contributed by atoms with van der Waals surface area (Å²) in [5.41, 5.74) is 0. The first-order valence-corrected chi connectivity index (χ1v) is 17.8. The first kappa shape index (κ1) is 42.9. The topological polar surface area (TPSA) is 225 Å². The predicted molar refractivity (Wildman–Crippen MR) is 173 cm³/mol. The Morgan fingerprint density at radius 3 is 1.73 bits per heavy atom. The number of esters is 1. The first-order chi connectivity index (χ1) is 23.1. The van der Waals surface area contributed by atoms with E-state index in [1.54, 1.807) is 0 Å². The number of ether oxygens (including phenoxy) is 5. The molecule has 0 aromatic rings. The lowest BCUT2D eigenvalue weighted by Gasteiger charge is -2.42. The summed E-state index contributed by atoms with van der Waals surface area (Å²) in [6.45, 7) is 0.295. The van der Waals surface area contributed by atoms with Gasteiger partial charge in [0.25, 0.3) is 0 Å². The van der Waals surface area contributed by atoms with E-state index in [0.29, 0.717) is 6.42 Å². The zero-order chi connectivity index (χ0) is 35.3. The van der Waals surface area contributed by atoms with Crippen molar-refractivity contribution in [1.29, 1.82) is 0 Å². The van der Waals surface area contributed by atoms with Crippen LogP contribution in [0.25, 0.3) is 0 Å². The Morgan fingerprint density at radius 1 is 0.646 bits per heavy atom. The Hall–Kier alpha value is -1.27. The highest BCUT2D eigenvalue weighted by Gasteiger charge is 2.47. The minimum absolute atomic E-state index is 0.236. The van der Waals surface area contributed by atoms with Crippen LogP contribution in [0, 0.1) is 0 Å². The molecule has 2 aliphatic heterocycles. The van der Waals surface area contributed by atoms with Crippen molar-refractivity contribution in [3.05, 3.63) is 12.2 Å². The molecule has 0 spiro atoms. The molecule has 0 aromatic carbocycles. The van der Waals surface area contributed by atoms with Gasteiger partial charge < -0.3 is 64.5 Å². The van der Waals surface area contributed by atoms with E-state index >= 15 is 0 Å². The molecule has 2 saturated heterocycles. The maximum Gasteiger partial charge on any atom is 0.305 e. The van der Waals surface area contributed by atoms with Gasteiger partial charge in [-0.3, -0.25) is 4.79 Å². The summed E-state index contributed by atoms with van der Waals surface area (Å²) in [5, 5.41) is 80.4. The molecule has 2 aliphatic rings. The molecule has 282 valence electrons. The van der Waals surface area contributed by atoms with Crippen LogP contribution >= 0.6 is 0 Å². The SMILES string of the molecule is CCCCCCCCC=CCCCCCCCCC(=O)OCC(O)COC1OC(COC2OC(CO)C(O)C(O)C2O)C(O)C(O)C1O. The van der Waals surface area contributed by atoms with Crippen molar-refractivity contribution in [2.45, 2.75) is 171 Å². The fraction of sp³-hybridized carbons (Fsp3) is 0.912. The molecule has 11 atom stereocenters. The second kappa shape index (κ2) is 24.8. The van der Waals surface area contributed by atoms with Gasteiger partial charge in [-0.25, -0.2) is 0 Å². The van der Waals surface area contributed by atoms with Gasteiger partial charge in [-0.2, -0.15) is 0 Å². The van der Waals surface area contributed by atoms with Crippen molar-refractivity contribution in [1.82, 2.24) is 0 Å². The quantitative estimate of drug-likeness (QED) is 0.0379. The summed E-state index contributed by atoms with van der Waals surface area (Å²) in [6, 6.07) is 0. The van der Waals surface area contributed by atoms with Crippen molar-refractivity contribution in [2.75, 3.05) is 26.4 Å². The van der Waals surface area contributed by atoms with Gasteiger partial charge in [0.05, 0.1) is 19.8 Å². The Labute approximate surface area is 284 Å². The van der Waals surface area contributed by atoms with Gasteiger partial charge in [-0.15, -0.1) is 0 Å². The van der Waals surface area contributed by atoms with Gasteiger partial charge in [0.15, 0.2) is 12.6 Å². The maximum atomic E-state index is 12.1. The molecule has 48 heavy (non-hydrogen) atoms. The molecule has 2 heterocycles. The van der Waals surface area contributed by atoms with Gasteiger partial charge in [-0.05, 0) is 32.1 Å². The Balaban J connectivity index is 1.55. The van der Waals surface area contributed by atoms with Crippen LogP contribution in [0.1, 0.15) is 103 Å². The number of rotatable bonds is 25. The number of hydrogen-bond acceptors (Lipinski definition) is 14. The van der Waals surface area contributed by atoms with Gasteiger partial charge >= 0.3 is 5.97 Å². The summed E-state index contributed by atoms with van der Waals surface area (Å²) in [4.78, 5) is 12.1. The standard InChI is InChI=1S/C34H62O14/c1-2-3-4-5-6-7-8-9-10-11-12-13-14-15-16-17-18-26(37)44-20-23(36)21-45-33-32(43)30(41)28(39)25(48-33)22-46-34-31(42)29(40)27(38)24(19-35)47-34/h9-10,23-25,27-36,38-43H,2-8,11-22H2,1H3. The molecule has 0 aliphatic carbocycles. The summed E-state index contributed by atoms with van der Waals surface area (Å²) < 4.78 is 26.6. The zero-order valence-corrected chi connectivity index (χ0v) is 28.5. The Bertz CT molecular complexity index is 860. The van der Waals surface area contributed by atoms with E-state index < -0.39 is 93.3 Å². The van der Waals surface area contributed by atoms with Crippen molar-refractivity contribution in [2.24, 2.45) is 0 Å². The van der Waals surface area contributed by atoms with Crippen LogP contribution in [0.15, 0.2) is 12.2 Å². The molecule has 0 saturated carbocycles. The number of aliphatic hydroxyl groups excluding tert-OH is 8. The van der Waals surface area contributed by atoms with Crippen LogP contribution in [0.2, 0.25) is 0 Å². The van der Waals surface area contributed by atoms with E-state index in [1.807, 2.05) is 0 Å². The average molecular weight is 695 g/mol. The molecule has 0 radical (unpaired) electrons. The number of aliphatic hydroxyl groups is 8. The summed E-state index contributed by atoms with van der Waals surface area (Å²) in [7, 11) is 0. The van der Waals surface area contributed by atoms with Crippen LogP contribution in [0.5, 0.6) is 0 Å². The molecular weight excluding hydrogens is 632 g/mol. The summed E-state index contributed by atoms with van der Waals surface area (Å²) in [6.07, 6.45) is 4.41. The van der Waals surface area contributed by atoms with Crippen LogP contribution in [0.3, 0.4) is 0 Å². The second-order valence-corrected chi connectivity index (χ2v) is 12.9. The number of carbonyl (C=O) groups excluding carboxylic acids is 1. The van der Waals surface area contributed by atoms with Crippen LogP contribution in [0.4, 0.5) is 0 Å². The Kier molecular flexibility index (Phi) is 22.2. The average Bonchev–Trinajstić information content (AvgIpc) is 3.08. The minimum atomic E-state index is -1.72. The lowest BCUT2D eigenvalue weighted by molar-refractivity contribution is -0.332. The molecule has 0 bridgehead atoms. The monoisotopic (exact) mass is 694 g/mol. The zero-order valence-electron chi connectivity index (χ0n) is 28.5. The highest BCUT2D eigenvalue weighted by molar-refractivity contribution is 5.69. The lowest BCUT2D eigenvalue weighted by Crippen LogP contribution is -2.61. The van der Waals surface area contributed by atoms with E-state index in [0.717, 1.165) is 25.7 Å². The van der Waals surface area contributed by atoms with Crippen molar-refractivity contribution in [3.8, 4) is 0 Å². The number of hydrogen-bond donors (Lipinski definition) is 8. The van der Waals surface area contributed by atoms with E-state index in [2.05, 4.69) is 19.1 Å². The molecule has 8 N–H and O–H groups in total. The van der Waals surface area contributed by atoms with E-state index in [4.69, 9.17) is 23.7 Å². The van der Waals surface area contributed by atoms with Crippen molar-refractivity contribution in [3.63, 3.8) is 0 Å². The van der Waals surface area contributed by atoms with E-state index in [1.165, 1.54) is 57.8 Å². The molecule has 0 aromatic heterocycles. The largest absolute Gasteiger partial charge is 0.463 e.